The molecule has 0 bridgehead atoms. The van der Waals surface area contributed by atoms with Crippen LogP contribution in [0, 0.1) is 0 Å². The van der Waals surface area contributed by atoms with Crippen molar-refractivity contribution in [3.05, 3.63) is 55.9 Å². The summed E-state index contributed by atoms with van der Waals surface area (Å²) in [6.45, 7) is -0.189. The maximum Gasteiger partial charge on any atom is 0.342 e. The third kappa shape index (κ3) is 2.88. The number of phenolic OH excluding ortho intramolecular Hbond substituents is 1. The van der Waals surface area contributed by atoms with Crippen molar-refractivity contribution in [1.29, 1.82) is 0 Å². The minimum Gasteiger partial charge on any atom is -0.507 e. The van der Waals surface area contributed by atoms with Gasteiger partial charge in [-0.15, -0.1) is 11.3 Å². The van der Waals surface area contributed by atoms with Crippen molar-refractivity contribution in [2.45, 2.75) is 6.61 Å². The third-order valence-corrected chi connectivity index (χ3v) is 4.28. The smallest absolute Gasteiger partial charge is 0.342 e. The Labute approximate surface area is 136 Å². The topological polar surface area (TPSA) is 92.3 Å². The number of H-pyrrole nitrogens is 1. The molecule has 0 aliphatic carbocycles. The van der Waals surface area contributed by atoms with Crippen molar-refractivity contribution in [1.82, 2.24) is 9.97 Å². The van der Waals surface area contributed by atoms with Gasteiger partial charge in [0.25, 0.3) is 5.56 Å². The number of phenols is 1. The number of aromatic amines is 1. The number of benzene rings is 1. The molecule has 2 aromatic heterocycles. The molecule has 0 saturated heterocycles. The van der Waals surface area contributed by atoms with E-state index in [2.05, 4.69) is 25.9 Å². The Bertz CT molecular complexity index is 919. The fourth-order valence-electron chi connectivity index (χ4n) is 1.87. The molecule has 6 nitrogen and oxygen atoms in total. The molecule has 22 heavy (non-hydrogen) atoms. The first kappa shape index (κ1) is 14.7. The van der Waals surface area contributed by atoms with E-state index >= 15 is 0 Å². The van der Waals surface area contributed by atoms with Gasteiger partial charge in [-0.2, -0.15) is 0 Å². The molecule has 0 amide bonds. The Morgan fingerprint density at radius 3 is 3.05 bits per heavy atom. The number of nitrogens with one attached hydrogen (secondary N) is 1. The van der Waals surface area contributed by atoms with E-state index in [1.165, 1.54) is 23.5 Å². The largest absolute Gasteiger partial charge is 0.507 e. The predicted molar refractivity (Wildman–Crippen MR) is 85.2 cm³/mol. The van der Waals surface area contributed by atoms with E-state index in [0.29, 0.717) is 14.7 Å². The van der Waals surface area contributed by atoms with Crippen LogP contribution in [0.1, 0.15) is 16.2 Å². The van der Waals surface area contributed by atoms with Gasteiger partial charge in [0.15, 0.2) is 0 Å². The zero-order valence-corrected chi connectivity index (χ0v) is 13.4. The lowest BCUT2D eigenvalue weighted by molar-refractivity contribution is 0.0459. The molecule has 0 saturated carbocycles. The van der Waals surface area contributed by atoms with Crippen LogP contribution in [-0.2, 0) is 11.3 Å². The van der Waals surface area contributed by atoms with Crippen LogP contribution in [0.3, 0.4) is 0 Å². The molecule has 1 aromatic carbocycles. The number of thiophene rings is 1. The first-order valence-electron chi connectivity index (χ1n) is 6.16. The van der Waals surface area contributed by atoms with Crippen molar-refractivity contribution < 1.29 is 14.6 Å². The van der Waals surface area contributed by atoms with Crippen molar-refractivity contribution in [2.75, 3.05) is 0 Å². The number of ether oxygens (including phenoxy) is 1. The normalized spacial score (nSPS) is 10.8. The second kappa shape index (κ2) is 5.90. The second-order valence-corrected chi connectivity index (χ2v) is 6.22. The number of carbonyl (C=O) groups excluding carboxylic acids is 1. The van der Waals surface area contributed by atoms with Crippen molar-refractivity contribution in [3.63, 3.8) is 0 Å². The van der Waals surface area contributed by atoms with Crippen molar-refractivity contribution in [2.24, 2.45) is 0 Å². The van der Waals surface area contributed by atoms with Gasteiger partial charge in [0.1, 0.15) is 28.4 Å². The molecule has 3 aromatic rings. The summed E-state index contributed by atoms with van der Waals surface area (Å²) in [5.41, 5.74) is 0.329. The monoisotopic (exact) mass is 380 g/mol. The number of hydrogen-bond acceptors (Lipinski definition) is 6. The van der Waals surface area contributed by atoms with Crippen LogP contribution in [-0.4, -0.2) is 21.0 Å². The summed E-state index contributed by atoms with van der Waals surface area (Å²) in [5, 5.41) is 11.4. The first-order chi connectivity index (χ1) is 10.5. The number of aromatic nitrogens is 2. The fraction of sp³-hybridized carbons (Fsp3) is 0.0714. The van der Waals surface area contributed by atoms with Crippen LogP contribution < -0.4 is 5.56 Å². The van der Waals surface area contributed by atoms with E-state index in [1.54, 1.807) is 17.5 Å². The summed E-state index contributed by atoms with van der Waals surface area (Å²) in [6.07, 6.45) is 0. The summed E-state index contributed by atoms with van der Waals surface area (Å²) in [7, 11) is 0. The Morgan fingerprint density at radius 2 is 2.23 bits per heavy atom. The highest BCUT2D eigenvalue weighted by molar-refractivity contribution is 9.10. The van der Waals surface area contributed by atoms with E-state index in [1.807, 2.05) is 0 Å². The summed E-state index contributed by atoms with van der Waals surface area (Å²) in [5.74, 6) is -0.631. The van der Waals surface area contributed by atoms with Crippen molar-refractivity contribution in [3.8, 4) is 5.75 Å². The van der Waals surface area contributed by atoms with E-state index in [4.69, 9.17) is 4.74 Å². The number of esters is 1. The van der Waals surface area contributed by atoms with Gasteiger partial charge in [0.2, 0.25) is 0 Å². The molecule has 0 aliphatic heterocycles. The predicted octanol–water partition coefficient (Wildman–Crippen LogP) is 2.81. The maximum absolute atomic E-state index is 12.0. The van der Waals surface area contributed by atoms with E-state index in [9.17, 15) is 14.7 Å². The van der Waals surface area contributed by atoms with E-state index < -0.39 is 5.97 Å². The van der Waals surface area contributed by atoms with Gasteiger partial charge in [0.05, 0.1) is 5.52 Å². The highest BCUT2D eigenvalue weighted by Gasteiger charge is 2.14. The minimum atomic E-state index is -0.702. The quantitative estimate of drug-likeness (QED) is 0.681. The van der Waals surface area contributed by atoms with Gasteiger partial charge >= 0.3 is 5.97 Å². The van der Waals surface area contributed by atoms with Gasteiger partial charge in [-0.1, -0.05) is 15.9 Å². The van der Waals surface area contributed by atoms with Gasteiger partial charge in [-0.05, 0) is 29.6 Å². The minimum absolute atomic E-state index is 0.0355. The average molecular weight is 381 g/mol. The highest BCUT2D eigenvalue weighted by Crippen LogP contribution is 2.23. The molecule has 2 heterocycles. The summed E-state index contributed by atoms with van der Waals surface area (Å²) < 4.78 is 6.25. The standard InChI is InChI=1S/C14H9BrN2O4S/c15-7-1-2-10(18)8(5-7)14(20)21-6-11-16-9-3-4-22-12(9)13(19)17-11/h1-5,18H,6H2,(H,16,17,19). The Balaban J connectivity index is 1.80. The van der Waals surface area contributed by atoms with Crippen LogP contribution >= 0.6 is 27.3 Å². The van der Waals surface area contributed by atoms with E-state index in [-0.39, 0.29) is 29.3 Å². The van der Waals surface area contributed by atoms with Crippen LogP contribution in [0.4, 0.5) is 0 Å². The number of nitrogens with zero attached hydrogens (tertiary/aromatic N) is 1. The summed E-state index contributed by atoms with van der Waals surface area (Å²) in [4.78, 5) is 30.5. The van der Waals surface area contributed by atoms with Crippen LogP contribution in [0.5, 0.6) is 5.75 Å². The third-order valence-electron chi connectivity index (χ3n) is 2.88. The Hall–Kier alpha value is -2.19. The van der Waals surface area contributed by atoms with Crippen LogP contribution in [0.2, 0.25) is 0 Å². The molecule has 8 heteroatoms. The molecule has 0 radical (unpaired) electrons. The van der Waals surface area contributed by atoms with Gasteiger partial charge < -0.3 is 14.8 Å². The molecule has 112 valence electrons. The lowest BCUT2D eigenvalue weighted by Crippen LogP contribution is -2.13. The Kier molecular flexibility index (Phi) is 3.95. The van der Waals surface area contributed by atoms with Gasteiger partial charge in [0, 0.05) is 4.47 Å². The van der Waals surface area contributed by atoms with Crippen molar-refractivity contribution >= 4 is 43.5 Å². The number of halogens is 1. The SMILES string of the molecule is O=C(OCc1nc2ccsc2c(=O)[nH]1)c1cc(Br)ccc1O. The molecule has 0 atom stereocenters. The number of rotatable bonds is 3. The summed E-state index contributed by atoms with van der Waals surface area (Å²) >= 11 is 4.51. The fourth-order valence-corrected chi connectivity index (χ4v) is 2.96. The van der Waals surface area contributed by atoms with Crippen LogP contribution in [0.15, 0.2) is 38.9 Å². The molecule has 0 fully saturated rings. The molecule has 0 spiro atoms. The first-order valence-corrected chi connectivity index (χ1v) is 7.84. The Morgan fingerprint density at radius 1 is 1.41 bits per heavy atom. The second-order valence-electron chi connectivity index (χ2n) is 4.39. The summed E-state index contributed by atoms with van der Waals surface area (Å²) in [6, 6.07) is 6.17. The highest BCUT2D eigenvalue weighted by atomic mass is 79.9. The number of fused-ring (bicyclic) bond motifs is 1. The van der Waals surface area contributed by atoms with Gasteiger partial charge in [-0.3, -0.25) is 4.79 Å². The average Bonchev–Trinajstić information content (AvgIpc) is 2.96. The number of carbonyl (C=O) groups is 1. The lowest BCUT2D eigenvalue weighted by atomic mass is 10.2. The lowest BCUT2D eigenvalue weighted by Gasteiger charge is -2.06. The molecule has 0 aliphatic rings. The maximum atomic E-state index is 12.0. The zero-order chi connectivity index (χ0) is 15.7. The molecular weight excluding hydrogens is 372 g/mol. The molecule has 3 rings (SSSR count). The number of aromatic hydroxyl groups is 1. The van der Waals surface area contributed by atoms with Crippen LogP contribution in [0.25, 0.3) is 10.2 Å². The van der Waals surface area contributed by atoms with E-state index in [0.717, 1.165) is 0 Å². The molecular formula is C14H9BrN2O4S. The van der Waals surface area contributed by atoms with Gasteiger partial charge in [-0.25, -0.2) is 9.78 Å². The zero-order valence-electron chi connectivity index (χ0n) is 11.0. The molecule has 2 N–H and O–H groups in total. The number of hydrogen-bond donors (Lipinski definition) is 2. The molecule has 0 unspecified atom stereocenters.